The third kappa shape index (κ3) is 2.34. The second kappa shape index (κ2) is 4.26. The Hall–Kier alpha value is -0.590. The summed E-state index contributed by atoms with van der Waals surface area (Å²) in [6.45, 7) is 2.22. The summed E-state index contributed by atoms with van der Waals surface area (Å²) in [7, 11) is 0. The average molecular weight is 136 g/mol. The molecule has 0 N–H and O–H groups in total. The van der Waals surface area contributed by atoms with Gasteiger partial charge in [0.05, 0.1) is 0 Å². The van der Waals surface area contributed by atoms with Gasteiger partial charge >= 0.3 is 0 Å². The van der Waals surface area contributed by atoms with Gasteiger partial charge in [-0.3, -0.25) is 4.99 Å². The van der Waals surface area contributed by atoms with Crippen molar-refractivity contribution in [3.63, 3.8) is 0 Å². The van der Waals surface area contributed by atoms with Crippen molar-refractivity contribution in [2.75, 3.05) is 0 Å². The van der Waals surface area contributed by atoms with Gasteiger partial charge in [0.2, 0.25) is 0 Å². The van der Waals surface area contributed by atoms with Crippen molar-refractivity contribution in [3.8, 4) is 0 Å². The Labute approximate surface area is 62.9 Å². The van der Waals surface area contributed by atoms with Gasteiger partial charge in [-0.1, -0.05) is 32.3 Å². The quantitative estimate of drug-likeness (QED) is 0.527. The zero-order valence-corrected chi connectivity index (χ0v) is 6.51. The van der Waals surface area contributed by atoms with Crippen LogP contribution in [-0.2, 0) is 0 Å². The van der Waals surface area contributed by atoms with E-state index in [1.807, 2.05) is 12.3 Å². The standard InChI is InChI=1S/C9H14N/c1-2-3-4-6-9-7-5-8-10-9/h5,7-8H,2-4,6H2,1H3. The molecule has 0 bridgehead atoms. The Balaban J connectivity index is 2.03. The van der Waals surface area contributed by atoms with Crippen molar-refractivity contribution in [1.29, 1.82) is 0 Å². The first-order chi connectivity index (χ1) is 4.93. The number of unbranched alkanes of at least 4 members (excludes halogenated alkanes) is 2. The molecule has 1 radical (unpaired) electrons. The van der Waals surface area contributed by atoms with E-state index in [1.165, 1.54) is 25.3 Å². The van der Waals surface area contributed by atoms with E-state index in [0.29, 0.717) is 0 Å². The van der Waals surface area contributed by atoms with Gasteiger partial charge in [-0.15, -0.1) is 0 Å². The van der Waals surface area contributed by atoms with Crippen LogP contribution in [0.2, 0.25) is 0 Å². The van der Waals surface area contributed by atoms with Crippen LogP contribution in [0.25, 0.3) is 0 Å². The minimum absolute atomic E-state index is 1.15. The lowest BCUT2D eigenvalue weighted by Gasteiger charge is -2.00. The Bertz CT molecular complexity index is 124. The monoisotopic (exact) mass is 136 g/mol. The molecule has 0 spiro atoms. The van der Waals surface area contributed by atoms with Gasteiger partial charge < -0.3 is 0 Å². The lowest BCUT2D eigenvalue weighted by molar-refractivity contribution is 0.687. The first kappa shape index (κ1) is 7.52. The molecule has 1 rings (SSSR count). The Morgan fingerprint density at radius 3 is 2.90 bits per heavy atom. The molecule has 0 aromatic rings. The summed E-state index contributed by atoms with van der Waals surface area (Å²) in [5.74, 6) is 0. The van der Waals surface area contributed by atoms with E-state index in [2.05, 4.69) is 18.0 Å². The maximum absolute atomic E-state index is 4.19. The van der Waals surface area contributed by atoms with Crippen molar-refractivity contribution >= 4 is 6.21 Å². The lowest BCUT2D eigenvalue weighted by atomic mass is 10.1. The van der Waals surface area contributed by atoms with E-state index in [4.69, 9.17) is 0 Å². The zero-order chi connectivity index (χ0) is 7.23. The number of rotatable bonds is 4. The summed E-state index contributed by atoms with van der Waals surface area (Å²) >= 11 is 0. The highest BCUT2D eigenvalue weighted by Gasteiger charge is 2.03. The summed E-state index contributed by atoms with van der Waals surface area (Å²) < 4.78 is 0. The molecule has 0 aliphatic carbocycles. The molecule has 0 saturated heterocycles. The van der Waals surface area contributed by atoms with Crippen molar-refractivity contribution in [2.24, 2.45) is 4.99 Å². The first-order valence-corrected chi connectivity index (χ1v) is 4.00. The Morgan fingerprint density at radius 2 is 2.30 bits per heavy atom. The highest BCUT2D eigenvalue weighted by atomic mass is 14.8. The molecule has 1 nitrogen and oxygen atoms in total. The Morgan fingerprint density at radius 1 is 1.40 bits per heavy atom. The van der Waals surface area contributed by atoms with Crippen molar-refractivity contribution in [2.45, 2.75) is 32.6 Å². The summed E-state index contributed by atoms with van der Waals surface area (Å²) in [6, 6.07) is 1.24. The van der Waals surface area contributed by atoms with E-state index >= 15 is 0 Å². The first-order valence-electron chi connectivity index (χ1n) is 4.00. The molecule has 55 valence electrons. The molecule has 1 heteroatoms. The lowest BCUT2D eigenvalue weighted by Crippen LogP contribution is -1.85. The van der Waals surface area contributed by atoms with Crippen LogP contribution in [0.5, 0.6) is 0 Å². The minimum Gasteiger partial charge on any atom is -0.279 e. The van der Waals surface area contributed by atoms with Gasteiger partial charge in [-0.25, -0.2) is 0 Å². The molecule has 1 aliphatic heterocycles. The molecule has 0 aromatic heterocycles. The average Bonchev–Trinajstić information content (AvgIpc) is 2.41. The van der Waals surface area contributed by atoms with E-state index in [0.717, 1.165) is 6.42 Å². The molecule has 1 aliphatic rings. The normalized spacial score (nSPS) is 16.9. The molecule has 1 heterocycles. The number of allylic oxidation sites excluding steroid dienone is 1. The van der Waals surface area contributed by atoms with Crippen molar-refractivity contribution in [1.82, 2.24) is 0 Å². The minimum atomic E-state index is 1.15. The smallest absolute Gasteiger partial charge is 0.108 e. The van der Waals surface area contributed by atoms with Gasteiger partial charge in [0, 0.05) is 6.21 Å². The van der Waals surface area contributed by atoms with Crippen LogP contribution in [0.4, 0.5) is 0 Å². The van der Waals surface area contributed by atoms with Gasteiger partial charge in [-0.2, -0.15) is 0 Å². The van der Waals surface area contributed by atoms with Crippen LogP contribution in [0.1, 0.15) is 32.6 Å². The number of hydrogen-bond donors (Lipinski definition) is 0. The molecule has 0 amide bonds. The predicted molar refractivity (Wildman–Crippen MR) is 45.0 cm³/mol. The van der Waals surface area contributed by atoms with Crippen LogP contribution in [-0.4, -0.2) is 6.21 Å². The predicted octanol–water partition coefficient (Wildman–Crippen LogP) is 2.74. The second-order valence-corrected chi connectivity index (χ2v) is 2.59. The van der Waals surface area contributed by atoms with Gasteiger partial charge in [0.1, 0.15) is 6.04 Å². The van der Waals surface area contributed by atoms with E-state index in [9.17, 15) is 0 Å². The van der Waals surface area contributed by atoms with Gasteiger partial charge in [0.15, 0.2) is 0 Å². The van der Waals surface area contributed by atoms with Gasteiger partial charge in [0.25, 0.3) is 0 Å². The molecular formula is C9H14N. The van der Waals surface area contributed by atoms with Crippen LogP contribution < -0.4 is 0 Å². The molecule has 0 fully saturated rings. The number of hydrogen-bond acceptors (Lipinski definition) is 1. The third-order valence-corrected chi connectivity index (χ3v) is 1.65. The highest BCUT2D eigenvalue weighted by molar-refractivity contribution is 5.75. The molecule has 0 aromatic carbocycles. The summed E-state index contributed by atoms with van der Waals surface area (Å²) in [5.41, 5.74) is 0. The molecular weight excluding hydrogens is 122 g/mol. The highest BCUT2D eigenvalue weighted by Crippen LogP contribution is 2.17. The SMILES string of the molecule is CCCCC[C]1C=CC=N1. The number of aliphatic imine (C=N–C) groups is 1. The second-order valence-electron chi connectivity index (χ2n) is 2.59. The third-order valence-electron chi connectivity index (χ3n) is 1.65. The maximum Gasteiger partial charge on any atom is 0.108 e. The van der Waals surface area contributed by atoms with E-state index in [-0.39, 0.29) is 0 Å². The fourth-order valence-electron chi connectivity index (χ4n) is 1.04. The Kier molecular flexibility index (Phi) is 3.20. The topological polar surface area (TPSA) is 12.4 Å². The fraction of sp³-hybridized carbons (Fsp3) is 0.556. The molecule has 10 heavy (non-hydrogen) atoms. The van der Waals surface area contributed by atoms with Crippen molar-refractivity contribution < 1.29 is 0 Å². The van der Waals surface area contributed by atoms with E-state index in [1.54, 1.807) is 0 Å². The van der Waals surface area contributed by atoms with Crippen LogP contribution in [0.3, 0.4) is 0 Å². The van der Waals surface area contributed by atoms with E-state index < -0.39 is 0 Å². The van der Waals surface area contributed by atoms with Crippen LogP contribution in [0.15, 0.2) is 17.1 Å². The zero-order valence-electron chi connectivity index (χ0n) is 6.51. The largest absolute Gasteiger partial charge is 0.279 e. The number of nitrogens with zero attached hydrogens (tertiary/aromatic N) is 1. The van der Waals surface area contributed by atoms with Crippen LogP contribution in [0, 0.1) is 6.04 Å². The van der Waals surface area contributed by atoms with Crippen molar-refractivity contribution in [3.05, 3.63) is 18.2 Å². The molecule has 0 atom stereocenters. The summed E-state index contributed by atoms with van der Waals surface area (Å²) in [4.78, 5) is 4.19. The summed E-state index contributed by atoms with van der Waals surface area (Å²) in [6.07, 6.45) is 11.0. The molecule has 0 unspecified atom stereocenters. The molecule has 0 saturated carbocycles. The summed E-state index contributed by atoms with van der Waals surface area (Å²) in [5, 5.41) is 0. The van der Waals surface area contributed by atoms with Crippen LogP contribution >= 0.6 is 0 Å². The van der Waals surface area contributed by atoms with Gasteiger partial charge in [-0.05, 0) is 12.5 Å². The fourth-order valence-corrected chi connectivity index (χ4v) is 1.04. The maximum atomic E-state index is 4.19.